The predicted molar refractivity (Wildman–Crippen MR) is 73.9 cm³/mol. The largest absolute Gasteiger partial charge is 0.262 e. The molecule has 0 spiro atoms. The molecule has 0 unspecified atom stereocenters. The molecule has 0 N–H and O–H groups in total. The Bertz CT molecular complexity index is 456. The number of nitrogens with zero attached hydrogens (tertiary/aromatic N) is 2. The van der Waals surface area contributed by atoms with Gasteiger partial charge in [-0.05, 0) is 12.8 Å². The minimum absolute atomic E-state index is 1.04. The van der Waals surface area contributed by atoms with Crippen LogP contribution in [0.2, 0.25) is 0 Å². The zero-order valence-electron chi connectivity index (χ0n) is 10.3. The fourth-order valence-electron chi connectivity index (χ4n) is 1.97. The first-order valence-corrected chi connectivity index (χ1v) is 6.26. The molecule has 2 heteroatoms. The fourth-order valence-corrected chi connectivity index (χ4v) is 1.97. The lowest BCUT2D eigenvalue weighted by atomic mass is 9.99. The van der Waals surface area contributed by atoms with Crippen molar-refractivity contribution in [2.45, 2.75) is 32.6 Å². The molecule has 2 rings (SSSR count). The monoisotopic (exact) mass is 226 g/mol. The number of hydrogen-bond acceptors (Lipinski definition) is 2. The highest BCUT2D eigenvalue weighted by atomic mass is 14.8. The summed E-state index contributed by atoms with van der Waals surface area (Å²) in [6, 6.07) is 8.33. The van der Waals surface area contributed by atoms with Gasteiger partial charge in [0.15, 0.2) is 0 Å². The van der Waals surface area contributed by atoms with Crippen LogP contribution in [-0.2, 0) is 0 Å². The summed E-state index contributed by atoms with van der Waals surface area (Å²) in [7, 11) is 0. The zero-order chi connectivity index (χ0) is 11.9. The molecule has 1 aliphatic rings. The number of aliphatic imine (C=N–C) groups is 2. The van der Waals surface area contributed by atoms with E-state index in [1.54, 1.807) is 12.4 Å². The van der Waals surface area contributed by atoms with Crippen molar-refractivity contribution in [1.29, 1.82) is 0 Å². The normalized spacial score (nSPS) is 20.6. The lowest BCUT2D eigenvalue weighted by Crippen LogP contribution is -2.05. The van der Waals surface area contributed by atoms with Gasteiger partial charge in [-0.2, -0.15) is 0 Å². The van der Waals surface area contributed by atoms with Crippen LogP contribution in [0.1, 0.15) is 43.7 Å². The third-order valence-corrected chi connectivity index (χ3v) is 2.89. The van der Waals surface area contributed by atoms with Crippen LogP contribution in [0, 0.1) is 0 Å². The van der Waals surface area contributed by atoms with Gasteiger partial charge in [0, 0.05) is 35.5 Å². The smallest absolute Gasteiger partial charge is 0.0483 e. The van der Waals surface area contributed by atoms with Gasteiger partial charge in [-0.25, -0.2) is 0 Å². The molecule has 0 saturated carbocycles. The molecule has 1 heterocycles. The third-order valence-electron chi connectivity index (χ3n) is 2.89. The van der Waals surface area contributed by atoms with E-state index < -0.39 is 0 Å². The van der Waals surface area contributed by atoms with E-state index in [1.165, 1.54) is 30.5 Å². The Hall–Kier alpha value is -1.70. The van der Waals surface area contributed by atoms with Crippen molar-refractivity contribution in [3.8, 4) is 0 Å². The Morgan fingerprint density at radius 3 is 2.82 bits per heavy atom. The Balaban J connectivity index is 2.25. The van der Waals surface area contributed by atoms with E-state index in [-0.39, 0.29) is 0 Å². The van der Waals surface area contributed by atoms with Gasteiger partial charge in [0.2, 0.25) is 0 Å². The number of hydrogen-bond donors (Lipinski definition) is 0. The van der Waals surface area contributed by atoms with Gasteiger partial charge in [-0.1, -0.05) is 44.0 Å². The highest BCUT2D eigenvalue weighted by Gasteiger charge is 2.07. The summed E-state index contributed by atoms with van der Waals surface area (Å²) in [4.78, 5) is 8.71. The van der Waals surface area contributed by atoms with Crippen molar-refractivity contribution in [2.24, 2.45) is 9.98 Å². The van der Waals surface area contributed by atoms with Crippen LogP contribution in [0.5, 0.6) is 0 Å². The Morgan fingerprint density at radius 1 is 1.06 bits per heavy atom. The summed E-state index contributed by atoms with van der Waals surface area (Å²) >= 11 is 0. The van der Waals surface area contributed by atoms with Crippen LogP contribution < -0.4 is 0 Å². The Morgan fingerprint density at radius 2 is 1.94 bits per heavy atom. The van der Waals surface area contributed by atoms with E-state index >= 15 is 0 Å². The zero-order valence-corrected chi connectivity index (χ0v) is 10.3. The van der Waals surface area contributed by atoms with E-state index in [9.17, 15) is 0 Å². The average molecular weight is 226 g/mol. The van der Waals surface area contributed by atoms with E-state index in [1.807, 2.05) is 12.3 Å². The molecule has 0 saturated heterocycles. The maximum absolute atomic E-state index is 4.52. The highest BCUT2D eigenvalue weighted by Crippen LogP contribution is 2.15. The molecule has 1 aromatic rings. The average Bonchev–Trinajstić information content (AvgIpc) is 2.34. The van der Waals surface area contributed by atoms with Crippen molar-refractivity contribution < 1.29 is 0 Å². The maximum atomic E-state index is 4.52. The van der Waals surface area contributed by atoms with Crippen molar-refractivity contribution in [3.63, 3.8) is 0 Å². The molecule has 0 atom stereocenters. The van der Waals surface area contributed by atoms with Gasteiger partial charge >= 0.3 is 0 Å². The second-order valence-electron chi connectivity index (χ2n) is 4.20. The summed E-state index contributed by atoms with van der Waals surface area (Å²) in [6.07, 6.45) is 10.2. The van der Waals surface area contributed by atoms with Crippen LogP contribution in [0.15, 0.2) is 46.7 Å². The van der Waals surface area contributed by atoms with Gasteiger partial charge < -0.3 is 0 Å². The van der Waals surface area contributed by atoms with Gasteiger partial charge in [-0.3, -0.25) is 9.98 Å². The van der Waals surface area contributed by atoms with Crippen LogP contribution >= 0.6 is 0 Å². The SMILES string of the molecule is CCCCC/C1=N/C=C\N=C/c2ccccc21. The van der Waals surface area contributed by atoms with E-state index in [0.717, 1.165) is 12.0 Å². The molecule has 0 radical (unpaired) electrons. The standard InChI is InChI=1S/C15H18N2/c1-2-3-4-9-15-14-8-6-5-7-13(14)12-16-10-11-17-15/h5-8,10-12H,2-4,9H2,1H3/b11-10-,13-12?,15-14?,16-10?,16-12-,17-11?,17-15-. The summed E-state index contributed by atoms with van der Waals surface area (Å²) in [5, 5.41) is 0. The minimum Gasteiger partial charge on any atom is -0.262 e. The number of benzene rings is 1. The molecule has 0 aliphatic carbocycles. The van der Waals surface area contributed by atoms with Gasteiger partial charge in [0.1, 0.15) is 0 Å². The molecule has 0 bridgehead atoms. The maximum Gasteiger partial charge on any atom is 0.0483 e. The molecule has 0 fully saturated rings. The molecule has 17 heavy (non-hydrogen) atoms. The van der Waals surface area contributed by atoms with Gasteiger partial charge in [0.05, 0.1) is 0 Å². The van der Waals surface area contributed by atoms with Crippen molar-refractivity contribution in [1.82, 2.24) is 0 Å². The van der Waals surface area contributed by atoms with Gasteiger partial charge in [-0.15, -0.1) is 0 Å². The first-order chi connectivity index (χ1) is 8.42. The molecular formula is C15H18N2. The highest BCUT2D eigenvalue weighted by molar-refractivity contribution is 6.07. The van der Waals surface area contributed by atoms with Crippen LogP contribution in [-0.4, -0.2) is 11.9 Å². The lowest BCUT2D eigenvalue weighted by molar-refractivity contribution is 0.742. The summed E-state index contributed by atoms with van der Waals surface area (Å²) in [5.74, 6) is 0. The van der Waals surface area contributed by atoms with Crippen LogP contribution in [0.3, 0.4) is 0 Å². The lowest BCUT2D eigenvalue weighted by Gasteiger charge is -2.09. The summed E-state index contributed by atoms with van der Waals surface area (Å²) in [6.45, 7) is 2.22. The van der Waals surface area contributed by atoms with Crippen molar-refractivity contribution in [2.75, 3.05) is 0 Å². The van der Waals surface area contributed by atoms with E-state index in [0.29, 0.717) is 0 Å². The summed E-state index contributed by atoms with van der Waals surface area (Å²) in [5.41, 5.74) is 3.56. The second kappa shape index (κ2) is 6.14. The molecule has 1 aliphatic heterocycles. The van der Waals surface area contributed by atoms with Crippen LogP contribution in [0.4, 0.5) is 0 Å². The van der Waals surface area contributed by atoms with E-state index in [4.69, 9.17) is 0 Å². The number of unbranched alkanes of at least 4 members (excludes halogenated alkanes) is 2. The predicted octanol–water partition coefficient (Wildman–Crippen LogP) is 3.96. The topological polar surface area (TPSA) is 24.7 Å². The first kappa shape index (κ1) is 11.8. The Labute approximate surface area is 103 Å². The summed E-state index contributed by atoms with van der Waals surface area (Å²) < 4.78 is 0. The Kier molecular flexibility index (Phi) is 4.25. The molecule has 1 aromatic carbocycles. The molecule has 0 amide bonds. The molecule has 2 nitrogen and oxygen atoms in total. The third kappa shape index (κ3) is 3.13. The second-order valence-corrected chi connectivity index (χ2v) is 4.20. The quantitative estimate of drug-likeness (QED) is 0.694. The van der Waals surface area contributed by atoms with Crippen molar-refractivity contribution >= 4 is 11.9 Å². The molecule has 0 aromatic heterocycles. The van der Waals surface area contributed by atoms with Crippen LogP contribution in [0.25, 0.3) is 0 Å². The number of rotatable bonds is 4. The molecule has 88 valence electrons. The molecular weight excluding hydrogens is 208 g/mol. The fraction of sp³-hybridized carbons (Fsp3) is 0.333. The first-order valence-electron chi connectivity index (χ1n) is 6.26. The van der Waals surface area contributed by atoms with E-state index in [2.05, 4.69) is 35.1 Å². The van der Waals surface area contributed by atoms with Gasteiger partial charge in [0.25, 0.3) is 0 Å². The van der Waals surface area contributed by atoms with Crippen molar-refractivity contribution in [3.05, 3.63) is 47.8 Å². The minimum atomic E-state index is 1.04. The number of fused-ring (bicyclic) bond motifs is 1.